The summed E-state index contributed by atoms with van der Waals surface area (Å²) in [5.74, 6) is -0.517. The summed E-state index contributed by atoms with van der Waals surface area (Å²) in [6.07, 6.45) is 0.671. The third kappa shape index (κ3) is 5.70. The van der Waals surface area contributed by atoms with Gasteiger partial charge in [-0.05, 0) is 48.2 Å². The van der Waals surface area contributed by atoms with Crippen molar-refractivity contribution in [2.45, 2.75) is 32.8 Å². The van der Waals surface area contributed by atoms with Crippen LogP contribution in [-0.4, -0.2) is 59.5 Å². The highest BCUT2D eigenvalue weighted by Crippen LogP contribution is 2.43. The molecule has 0 amide bonds. The van der Waals surface area contributed by atoms with Gasteiger partial charge in [-0.2, -0.15) is 0 Å². The van der Waals surface area contributed by atoms with Gasteiger partial charge < -0.3 is 19.2 Å². The SMILES string of the molecule is CCO[C@H]1O[C@H](OCC)/C2=C(\c3ccccc3)C3=NC(=CC3)C3=C(N=C4C(=O)c5ccccc5/C4=c4\cc/c([nH]4)=C(\c4ccccc4)C1=N2)C(=O)c1ccccc13. The predicted octanol–water partition coefficient (Wildman–Crippen LogP) is 7.01. The Labute approximate surface area is 328 Å². The molecular weight excluding hydrogens is 713 g/mol. The lowest BCUT2D eigenvalue weighted by molar-refractivity contribution is -0.204. The lowest BCUT2D eigenvalue weighted by atomic mass is 9.95. The number of hydrogen-bond donors (Lipinski definition) is 1. The normalized spacial score (nSPS) is 23.0. The van der Waals surface area contributed by atoms with Crippen LogP contribution in [0.4, 0.5) is 0 Å². The zero-order chi connectivity index (χ0) is 38.6. The van der Waals surface area contributed by atoms with E-state index in [4.69, 9.17) is 29.2 Å². The number of nitrogens with zero attached hydrogens (tertiary/aromatic N) is 3. The van der Waals surface area contributed by atoms with Crippen molar-refractivity contribution >= 4 is 51.0 Å². The Kier molecular flexibility index (Phi) is 8.63. The molecule has 0 spiro atoms. The van der Waals surface area contributed by atoms with Gasteiger partial charge in [0.15, 0.2) is 0 Å². The Morgan fingerprint density at radius 1 is 0.596 bits per heavy atom. The molecule has 57 heavy (non-hydrogen) atoms. The molecule has 2 aliphatic carbocycles. The quantitative estimate of drug-likeness (QED) is 0.201. The number of hydrogen-bond acceptors (Lipinski definition) is 8. The van der Waals surface area contributed by atoms with Gasteiger partial charge in [0, 0.05) is 63.8 Å². The molecule has 0 radical (unpaired) electrons. The smallest absolute Gasteiger partial charge is 0.212 e. The summed E-state index contributed by atoms with van der Waals surface area (Å²) in [7, 11) is 0. The molecule has 2 atom stereocenters. The highest BCUT2D eigenvalue weighted by Gasteiger charge is 2.40. The first-order chi connectivity index (χ1) is 28.0. The zero-order valence-corrected chi connectivity index (χ0v) is 31.3. The average Bonchev–Trinajstić information content (AvgIpc) is 4.03. The van der Waals surface area contributed by atoms with E-state index in [0.29, 0.717) is 64.4 Å². The van der Waals surface area contributed by atoms with E-state index >= 15 is 0 Å². The van der Waals surface area contributed by atoms with Gasteiger partial charge in [0.05, 0.1) is 11.4 Å². The number of fused-ring (bicyclic) bond motifs is 10. The van der Waals surface area contributed by atoms with Crippen LogP contribution in [0.15, 0.2) is 159 Å². The number of rotatable bonds is 6. The maximum absolute atomic E-state index is 14.4. The Balaban J connectivity index is 1.38. The van der Waals surface area contributed by atoms with Crippen molar-refractivity contribution in [3.8, 4) is 0 Å². The molecule has 0 saturated heterocycles. The molecule has 10 rings (SSSR count). The Morgan fingerprint density at radius 2 is 1.16 bits per heavy atom. The fourth-order valence-electron chi connectivity index (χ4n) is 8.30. The van der Waals surface area contributed by atoms with Gasteiger partial charge in [-0.25, -0.2) is 9.98 Å². The van der Waals surface area contributed by atoms with Gasteiger partial charge in [0.1, 0.15) is 22.8 Å². The first kappa shape index (κ1) is 34.8. The fraction of sp³-hybridized carbons (Fsp3) is 0.146. The largest absolute Gasteiger partial charge is 0.354 e. The second kappa shape index (κ2) is 14.1. The van der Waals surface area contributed by atoms with Gasteiger partial charge in [-0.15, -0.1) is 0 Å². The molecular formula is C48H36N4O5. The summed E-state index contributed by atoms with van der Waals surface area (Å²) in [4.78, 5) is 48.4. The summed E-state index contributed by atoms with van der Waals surface area (Å²) in [5, 5.41) is 1.38. The highest BCUT2D eigenvalue weighted by molar-refractivity contribution is 6.65. The molecule has 5 aliphatic rings. The third-order valence-corrected chi connectivity index (χ3v) is 10.7. The van der Waals surface area contributed by atoms with E-state index in [1.165, 1.54) is 0 Å². The number of allylic oxidation sites excluding steroid dienone is 4. The molecule has 1 aromatic heterocycles. The number of aromatic amines is 1. The molecule has 278 valence electrons. The van der Waals surface area contributed by atoms with Gasteiger partial charge >= 0.3 is 0 Å². The molecule has 0 unspecified atom stereocenters. The van der Waals surface area contributed by atoms with Gasteiger partial charge in [0.2, 0.25) is 24.1 Å². The van der Waals surface area contributed by atoms with Crippen LogP contribution < -0.4 is 10.7 Å². The van der Waals surface area contributed by atoms with Crippen molar-refractivity contribution in [3.63, 3.8) is 0 Å². The molecule has 5 aromatic rings. The molecule has 0 saturated carbocycles. The number of carbonyl (C=O) groups excluding carboxylic acids is 2. The number of benzene rings is 4. The van der Waals surface area contributed by atoms with Gasteiger partial charge in [0.25, 0.3) is 0 Å². The van der Waals surface area contributed by atoms with Crippen LogP contribution in [0.1, 0.15) is 63.2 Å². The van der Waals surface area contributed by atoms with Crippen molar-refractivity contribution in [2.24, 2.45) is 15.0 Å². The van der Waals surface area contributed by atoms with Crippen molar-refractivity contribution in [3.05, 3.63) is 189 Å². The highest BCUT2D eigenvalue weighted by atomic mass is 16.8. The van der Waals surface area contributed by atoms with Crippen LogP contribution in [-0.2, 0) is 14.2 Å². The van der Waals surface area contributed by atoms with Crippen LogP contribution in [0.25, 0.3) is 22.3 Å². The number of Topliss-reactive ketones (excluding diaryl/α,β-unsaturated/α-hetero) is 2. The maximum atomic E-state index is 14.4. The monoisotopic (exact) mass is 748 g/mol. The van der Waals surface area contributed by atoms with E-state index in [1.54, 1.807) is 12.1 Å². The molecule has 9 heteroatoms. The first-order valence-electron chi connectivity index (χ1n) is 19.2. The van der Waals surface area contributed by atoms with Crippen LogP contribution >= 0.6 is 0 Å². The second-order valence-electron chi connectivity index (χ2n) is 14.0. The van der Waals surface area contributed by atoms with Crippen LogP contribution in [0, 0.1) is 0 Å². The minimum absolute atomic E-state index is 0.179. The number of aliphatic imine (C=N–C) groups is 3. The lowest BCUT2D eigenvalue weighted by Gasteiger charge is -2.33. The van der Waals surface area contributed by atoms with Crippen molar-refractivity contribution in [1.29, 1.82) is 0 Å². The van der Waals surface area contributed by atoms with E-state index in [0.717, 1.165) is 44.5 Å². The third-order valence-electron chi connectivity index (χ3n) is 10.7. The minimum atomic E-state index is -0.889. The van der Waals surface area contributed by atoms with E-state index in [9.17, 15) is 9.59 Å². The number of aromatic nitrogens is 1. The van der Waals surface area contributed by atoms with Crippen molar-refractivity contribution in [1.82, 2.24) is 4.98 Å². The number of nitrogens with one attached hydrogen (secondary N) is 1. The summed E-state index contributed by atoms with van der Waals surface area (Å²) in [6, 6.07) is 38.8. The molecule has 4 heterocycles. The average molecular weight is 749 g/mol. The molecule has 3 aliphatic heterocycles. The van der Waals surface area contributed by atoms with Crippen molar-refractivity contribution < 1.29 is 23.8 Å². The van der Waals surface area contributed by atoms with Crippen LogP contribution in [0.3, 0.4) is 0 Å². The molecule has 6 bridgehead atoms. The Morgan fingerprint density at radius 3 is 1.82 bits per heavy atom. The van der Waals surface area contributed by atoms with E-state index < -0.39 is 12.6 Å². The Bertz CT molecular complexity index is 2860. The van der Waals surface area contributed by atoms with Crippen LogP contribution in [0.2, 0.25) is 0 Å². The van der Waals surface area contributed by atoms with E-state index in [1.807, 2.05) is 129 Å². The van der Waals surface area contributed by atoms with E-state index in [-0.39, 0.29) is 23.0 Å². The molecule has 4 aromatic carbocycles. The maximum Gasteiger partial charge on any atom is 0.212 e. The Hall–Kier alpha value is -6.65. The van der Waals surface area contributed by atoms with Crippen LogP contribution in [0.5, 0.6) is 0 Å². The first-order valence-corrected chi connectivity index (χ1v) is 19.2. The van der Waals surface area contributed by atoms with Gasteiger partial charge in [-0.3, -0.25) is 14.6 Å². The summed E-state index contributed by atoms with van der Waals surface area (Å²) < 4.78 is 19.5. The number of ketones is 2. The molecule has 9 nitrogen and oxygen atoms in total. The zero-order valence-electron chi connectivity index (χ0n) is 31.3. The number of H-pyrrole nitrogens is 1. The van der Waals surface area contributed by atoms with Crippen molar-refractivity contribution in [2.75, 3.05) is 13.2 Å². The fourth-order valence-corrected chi connectivity index (χ4v) is 8.30. The standard InChI is InChI=1S/C48H36N4O5/c1-3-55-47-43-37(27-15-7-5-8-16-27)33-23-25-35(49-33)39-29-19-11-13-21-31(29)45(53)41(39)51-42-40(30-20-12-14-22-32(30)46(42)54)36-26-24-34(50-36)38(28-17-9-6-10-18-28)44(52-43)48(57-47)56-4-2/h5-23,25-26,47-49H,3-4,24H2,1-2H3/b37-33-,39-35-,44-38-,51-41?/t47-,48-/m0/s1. The van der Waals surface area contributed by atoms with Gasteiger partial charge in [-0.1, -0.05) is 115 Å². The molecule has 0 fully saturated rings. The summed E-state index contributed by atoms with van der Waals surface area (Å²) in [5.41, 5.74) is 9.71. The minimum Gasteiger partial charge on any atom is -0.354 e. The predicted molar refractivity (Wildman–Crippen MR) is 220 cm³/mol. The topological polar surface area (TPSA) is 115 Å². The summed E-state index contributed by atoms with van der Waals surface area (Å²) >= 11 is 0. The lowest BCUT2D eigenvalue weighted by Crippen LogP contribution is -2.41. The van der Waals surface area contributed by atoms with E-state index in [2.05, 4.69) is 4.98 Å². The molecule has 1 N–H and O–H groups in total. The summed E-state index contributed by atoms with van der Waals surface area (Å²) in [6.45, 7) is 4.57. The second-order valence-corrected chi connectivity index (χ2v) is 14.0. The number of ether oxygens (including phenoxy) is 3. The number of carbonyl (C=O) groups is 2.